The fourth-order valence-electron chi connectivity index (χ4n) is 2.06. The van der Waals surface area contributed by atoms with Crippen molar-refractivity contribution < 1.29 is 14.7 Å². The summed E-state index contributed by atoms with van der Waals surface area (Å²) in [7, 11) is 0. The zero-order valence-corrected chi connectivity index (χ0v) is 12.1. The number of hydrogen-bond acceptors (Lipinski definition) is 3. The quantitative estimate of drug-likeness (QED) is 0.869. The van der Waals surface area contributed by atoms with Gasteiger partial charge in [0.05, 0.1) is 6.54 Å². The van der Waals surface area contributed by atoms with E-state index in [2.05, 4.69) is 15.9 Å². The standard InChI is InChI=1S/C14H14BrNO3/c1-9(14(18)19)6-10-7-11(15)2-3-13(10)16-5-4-12(17)8-16/h2-3,6-7H,4-5,8H2,1H3,(H,18,19). The SMILES string of the molecule is CC(=Cc1cc(Br)ccc1N1CCC(=O)C1)C(=O)O. The van der Waals surface area contributed by atoms with Crippen LogP contribution in [-0.4, -0.2) is 29.9 Å². The van der Waals surface area contributed by atoms with Crippen molar-refractivity contribution in [3.05, 3.63) is 33.8 Å². The minimum atomic E-state index is -0.941. The average Bonchev–Trinajstić information content (AvgIpc) is 2.75. The molecule has 1 N–H and O–H groups in total. The topological polar surface area (TPSA) is 57.6 Å². The maximum atomic E-state index is 11.4. The smallest absolute Gasteiger partial charge is 0.331 e. The van der Waals surface area contributed by atoms with Crippen LogP contribution in [0.25, 0.3) is 6.08 Å². The molecule has 19 heavy (non-hydrogen) atoms. The van der Waals surface area contributed by atoms with Crippen molar-refractivity contribution in [1.29, 1.82) is 0 Å². The molecule has 0 radical (unpaired) electrons. The minimum Gasteiger partial charge on any atom is -0.478 e. The number of rotatable bonds is 3. The number of halogens is 1. The number of carbonyl (C=O) groups is 2. The number of carboxylic acid groups (broad SMARTS) is 1. The van der Waals surface area contributed by atoms with Gasteiger partial charge >= 0.3 is 5.97 Å². The summed E-state index contributed by atoms with van der Waals surface area (Å²) in [6.45, 7) is 2.64. The van der Waals surface area contributed by atoms with E-state index in [0.29, 0.717) is 19.5 Å². The molecule has 0 unspecified atom stereocenters. The van der Waals surface area contributed by atoms with Crippen LogP contribution in [0.1, 0.15) is 18.9 Å². The first-order valence-electron chi connectivity index (χ1n) is 5.95. The lowest BCUT2D eigenvalue weighted by molar-refractivity contribution is -0.132. The molecule has 5 heteroatoms. The average molecular weight is 324 g/mol. The molecule has 1 aromatic carbocycles. The first-order chi connectivity index (χ1) is 8.97. The van der Waals surface area contributed by atoms with Gasteiger partial charge in [0.2, 0.25) is 0 Å². The molecule has 1 aromatic rings. The van der Waals surface area contributed by atoms with Crippen molar-refractivity contribution in [2.24, 2.45) is 0 Å². The van der Waals surface area contributed by atoms with Crippen LogP contribution in [0.2, 0.25) is 0 Å². The van der Waals surface area contributed by atoms with E-state index in [1.54, 1.807) is 13.0 Å². The number of Topliss-reactive ketones (excluding diaryl/α,β-unsaturated/α-hetero) is 1. The Morgan fingerprint density at radius 2 is 2.21 bits per heavy atom. The van der Waals surface area contributed by atoms with Crippen molar-refractivity contribution in [2.45, 2.75) is 13.3 Å². The number of anilines is 1. The highest BCUT2D eigenvalue weighted by molar-refractivity contribution is 9.10. The van der Waals surface area contributed by atoms with Gasteiger partial charge in [-0.15, -0.1) is 0 Å². The zero-order chi connectivity index (χ0) is 14.0. The number of ketones is 1. The second-order valence-electron chi connectivity index (χ2n) is 4.55. The fourth-order valence-corrected chi connectivity index (χ4v) is 2.44. The number of carboxylic acids is 1. The van der Waals surface area contributed by atoms with Gasteiger partial charge < -0.3 is 10.0 Å². The summed E-state index contributed by atoms with van der Waals surface area (Å²) in [6.07, 6.45) is 2.18. The van der Waals surface area contributed by atoms with E-state index >= 15 is 0 Å². The monoisotopic (exact) mass is 323 g/mol. The first-order valence-corrected chi connectivity index (χ1v) is 6.74. The van der Waals surface area contributed by atoms with Crippen molar-refractivity contribution in [1.82, 2.24) is 0 Å². The van der Waals surface area contributed by atoms with Crippen LogP contribution in [0.4, 0.5) is 5.69 Å². The first kappa shape index (κ1) is 13.8. The number of benzene rings is 1. The molecule has 0 aromatic heterocycles. The van der Waals surface area contributed by atoms with Gasteiger partial charge in [-0.3, -0.25) is 4.79 Å². The predicted octanol–water partition coefficient (Wildman–Crippen LogP) is 2.72. The van der Waals surface area contributed by atoms with Crippen molar-refractivity contribution >= 4 is 39.4 Å². The van der Waals surface area contributed by atoms with Gasteiger partial charge in [0.25, 0.3) is 0 Å². The summed E-state index contributed by atoms with van der Waals surface area (Å²) in [5.41, 5.74) is 1.98. The molecule has 1 fully saturated rings. The Kier molecular flexibility index (Phi) is 4.04. The van der Waals surface area contributed by atoms with Gasteiger partial charge in [0.15, 0.2) is 5.78 Å². The number of nitrogens with zero attached hydrogens (tertiary/aromatic N) is 1. The van der Waals surface area contributed by atoms with Gasteiger partial charge in [0, 0.05) is 28.7 Å². The molecule has 1 saturated heterocycles. The third-order valence-corrected chi connectivity index (χ3v) is 3.56. The number of hydrogen-bond donors (Lipinski definition) is 1. The molecule has 1 heterocycles. The zero-order valence-electron chi connectivity index (χ0n) is 10.5. The van der Waals surface area contributed by atoms with E-state index in [1.807, 2.05) is 23.1 Å². The Morgan fingerprint density at radius 1 is 1.47 bits per heavy atom. The van der Waals surface area contributed by atoms with E-state index in [4.69, 9.17) is 5.11 Å². The number of carbonyl (C=O) groups excluding carboxylic acids is 1. The maximum absolute atomic E-state index is 11.4. The molecule has 0 bridgehead atoms. The van der Waals surface area contributed by atoms with Crippen LogP contribution in [0.15, 0.2) is 28.2 Å². The van der Waals surface area contributed by atoms with E-state index in [9.17, 15) is 9.59 Å². The lowest BCUT2D eigenvalue weighted by Crippen LogP contribution is -2.20. The van der Waals surface area contributed by atoms with Crippen molar-refractivity contribution in [2.75, 3.05) is 18.0 Å². The lowest BCUT2D eigenvalue weighted by atomic mass is 10.1. The summed E-state index contributed by atoms with van der Waals surface area (Å²) < 4.78 is 0.881. The lowest BCUT2D eigenvalue weighted by Gasteiger charge is -2.19. The van der Waals surface area contributed by atoms with E-state index < -0.39 is 5.97 Å². The van der Waals surface area contributed by atoms with Gasteiger partial charge in [0.1, 0.15) is 0 Å². The van der Waals surface area contributed by atoms with Crippen LogP contribution in [0.5, 0.6) is 0 Å². The minimum absolute atomic E-state index is 0.216. The van der Waals surface area contributed by atoms with Crippen LogP contribution in [-0.2, 0) is 9.59 Å². The summed E-state index contributed by atoms with van der Waals surface area (Å²) in [5, 5.41) is 8.96. The van der Waals surface area contributed by atoms with Crippen LogP contribution in [0, 0.1) is 0 Å². The Labute approximate surface area is 119 Å². The molecular weight excluding hydrogens is 310 g/mol. The molecule has 0 atom stereocenters. The molecule has 0 spiro atoms. The Bertz CT molecular complexity index is 566. The Balaban J connectivity index is 2.41. The van der Waals surface area contributed by atoms with Gasteiger partial charge in [-0.1, -0.05) is 15.9 Å². The molecule has 2 rings (SSSR count). The summed E-state index contributed by atoms with van der Waals surface area (Å²) in [6, 6.07) is 5.67. The van der Waals surface area contributed by atoms with Gasteiger partial charge in [-0.25, -0.2) is 4.79 Å². The molecule has 0 saturated carbocycles. The van der Waals surface area contributed by atoms with Crippen molar-refractivity contribution in [3.8, 4) is 0 Å². The molecule has 4 nitrogen and oxygen atoms in total. The van der Waals surface area contributed by atoms with E-state index in [0.717, 1.165) is 15.7 Å². The molecular formula is C14H14BrNO3. The van der Waals surface area contributed by atoms with Crippen LogP contribution in [0.3, 0.4) is 0 Å². The van der Waals surface area contributed by atoms with Gasteiger partial charge in [-0.2, -0.15) is 0 Å². The van der Waals surface area contributed by atoms with E-state index in [-0.39, 0.29) is 11.4 Å². The highest BCUT2D eigenvalue weighted by atomic mass is 79.9. The van der Waals surface area contributed by atoms with Crippen LogP contribution >= 0.6 is 15.9 Å². The van der Waals surface area contributed by atoms with Crippen molar-refractivity contribution in [3.63, 3.8) is 0 Å². The number of aliphatic carboxylic acids is 1. The summed E-state index contributed by atoms with van der Waals surface area (Å²) in [5.74, 6) is -0.726. The largest absolute Gasteiger partial charge is 0.478 e. The third-order valence-electron chi connectivity index (χ3n) is 3.07. The normalized spacial score (nSPS) is 16.0. The second kappa shape index (κ2) is 5.57. The molecule has 100 valence electrons. The molecule has 1 aliphatic heterocycles. The molecule has 1 aliphatic rings. The predicted molar refractivity (Wildman–Crippen MR) is 77.3 cm³/mol. The highest BCUT2D eigenvalue weighted by Gasteiger charge is 2.21. The Hall–Kier alpha value is -1.62. The van der Waals surface area contributed by atoms with Crippen LogP contribution < -0.4 is 4.90 Å². The Morgan fingerprint density at radius 3 is 2.79 bits per heavy atom. The van der Waals surface area contributed by atoms with Gasteiger partial charge in [-0.05, 0) is 36.8 Å². The summed E-state index contributed by atoms with van der Waals surface area (Å²) >= 11 is 3.38. The highest BCUT2D eigenvalue weighted by Crippen LogP contribution is 2.28. The third kappa shape index (κ3) is 3.23. The molecule has 0 amide bonds. The maximum Gasteiger partial charge on any atom is 0.331 e. The second-order valence-corrected chi connectivity index (χ2v) is 5.46. The molecule has 0 aliphatic carbocycles. The summed E-state index contributed by atoms with van der Waals surface area (Å²) in [4.78, 5) is 24.3. The fraction of sp³-hybridized carbons (Fsp3) is 0.286. The van der Waals surface area contributed by atoms with E-state index in [1.165, 1.54) is 0 Å².